The Bertz CT molecular complexity index is 981. The predicted octanol–water partition coefficient (Wildman–Crippen LogP) is 3.16. The van der Waals surface area contributed by atoms with Crippen molar-refractivity contribution in [2.75, 3.05) is 18.1 Å². The number of amides is 2. The number of nitrogens with one attached hydrogen (secondary N) is 1. The third kappa shape index (κ3) is 4.20. The molecule has 30 heavy (non-hydrogen) atoms. The lowest BCUT2D eigenvalue weighted by molar-refractivity contribution is -0.175. The van der Waals surface area contributed by atoms with Gasteiger partial charge in [-0.15, -0.1) is 0 Å². The first-order chi connectivity index (χ1) is 14.3. The Morgan fingerprint density at radius 2 is 2.17 bits per heavy atom. The number of halogens is 2. The number of carbonyl (C=O) groups excluding carboxylic acids is 2. The summed E-state index contributed by atoms with van der Waals surface area (Å²) < 4.78 is 24.0. The number of anilines is 1. The van der Waals surface area contributed by atoms with Gasteiger partial charge in [0.2, 0.25) is 0 Å². The van der Waals surface area contributed by atoms with Crippen molar-refractivity contribution >= 4 is 29.3 Å². The number of carbonyl (C=O) groups is 2. The molecule has 2 heterocycles. The SMILES string of the molecule is O=C(NCc1cc(F)cc(Cl)c1)O[C@@]1(O)CCN(c2ccc3c(c2)CCCO3)C1=O. The Hall–Kier alpha value is -2.84. The van der Waals surface area contributed by atoms with E-state index in [2.05, 4.69) is 5.32 Å². The van der Waals surface area contributed by atoms with Gasteiger partial charge in [-0.1, -0.05) is 11.6 Å². The molecule has 0 unspecified atom stereocenters. The van der Waals surface area contributed by atoms with Crippen LogP contribution in [0.15, 0.2) is 36.4 Å². The zero-order valence-electron chi connectivity index (χ0n) is 16.0. The number of hydrogen-bond acceptors (Lipinski definition) is 5. The van der Waals surface area contributed by atoms with Crippen LogP contribution in [0.5, 0.6) is 5.75 Å². The van der Waals surface area contributed by atoms with E-state index in [0.29, 0.717) is 17.9 Å². The smallest absolute Gasteiger partial charge is 0.410 e. The molecule has 4 rings (SSSR count). The highest BCUT2D eigenvalue weighted by molar-refractivity contribution is 6.30. The molecule has 0 radical (unpaired) electrons. The van der Waals surface area contributed by atoms with E-state index in [-0.39, 0.29) is 24.5 Å². The monoisotopic (exact) mass is 434 g/mol. The second-order valence-corrected chi connectivity index (χ2v) is 7.69. The maximum Gasteiger partial charge on any atom is 0.410 e. The standard InChI is InChI=1S/C21H20ClFN2O5/c22-15-8-13(9-16(23)11-15)12-24-20(27)30-21(28)5-6-25(19(21)26)17-3-4-18-14(10-17)2-1-7-29-18/h3-4,8-11,28H,1-2,5-7,12H2,(H,24,27)/t21-/m0/s1. The Balaban J connectivity index is 1.40. The third-order valence-electron chi connectivity index (χ3n) is 5.08. The van der Waals surface area contributed by atoms with Crippen molar-refractivity contribution in [3.05, 3.63) is 58.4 Å². The van der Waals surface area contributed by atoms with Crippen LogP contribution in [0.2, 0.25) is 5.02 Å². The lowest BCUT2D eigenvalue weighted by atomic mass is 10.1. The zero-order valence-corrected chi connectivity index (χ0v) is 16.7. The number of hydrogen-bond donors (Lipinski definition) is 2. The fourth-order valence-corrected chi connectivity index (χ4v) is 3.86. The van der Waals surface area contributed by atoms with Crippen molar-refractivity contribution in [2.45, 2.75) is 31.6 Å². The second-order valence-electron chi connectivity index (χ2n) is 7.26. The molecular formula is C21H20ClFN2O5. The molecule has 0 saturated carbocycles. The number of aryl methyl sites for hydroxylation is 1. The molecule has 2 amide bonds. The normalized spacial score (nSPS) is 20.5. The molecule has 2 aromatic carbocycles. The highest BCUT2D eigenvalue weighted by atomic mass is 35.5. The topological polar surface area (TPSA) is 88.1 Å². The van der Waals surface area contributed by atoms with Crippen LogP contribution in [0.1, 0.15) is 24.0 Å². The molecule has 0 spiro atoms. The van der Waals surface area contributed by atoms with Gasteiger partial charge in [0.05, 0.1) is 6.61 Å². The quantitative estimate of drug-likeness (QED) is 0.722. The summed E-state index contributed by atoms with van der Waals surface area (Å²) in [6, 6.07) is 9.23. The van der Waals surface area contributed by atoms with Gasteiger partial charge >= 0.3 is 6.09 Å². The van der Waals surface area contributed by atoms with Crippen LogP contribution in [0.4, 0.5) is 14.9 Å². The third-order valence-corrected chi connectivity index (χ3v) is 5.30. The van der Waals surface area contributed by atoms with E-state index in [0.717, 1.165) is 30.2 Å². The highest BCUT2D eigenvalue weighted by Crippen LogP contribution is 2.34. The summed E-state index contributed by atoms with van der Waals surface area (Å²) in [6.07, 6.45) is 0.678. The van der Waals surface area contributed by atoms with Gasteiger partial charge < -0.3 is 24.8 Å². The minimum Gasteiger partial charge on any atom is -0.493 e. The molecule has 1 saturated heterocycles. The fourth-order valence-electron chi connectivity index (χ4n) is 3.62. The van der Waals surface area contributed by atoms with Crippen molar-refractivity contribution < 1.29 is 28.6 Å². The van der Waals surface area contributed by atoms with Crippen molar-refractivity contribution in [2.24, 2.45) is 0 Å². The molecule has 2 N–H and O–H groups in total. The summed E-state index contributed by atoms with van der Waals surface area (Å²) >= 11 is 5.78. The average molecular weight is 435 g/mol. The van der Waals surface area contributed by atoms with E-state index < -0.39 is 23.6 Å². The largest absolute Gasteiger partial charge is 0.493 e. The van der Waals surface area contributed by atoms with Crippen molar-refractivity contribution in [3.63, 3.8) is 0 Å². The molecule has 1 fully saturated rings. The highest BCUT2D eigenvalue weighted by Gasteiger charge is 2.49. The molecule has 0 aromatic heterocycles. The second kappa shape index (κ2) is 8.12. The molecule has 158 valence electrons. The van der Waals surface area contributed by atoms with Gasteiger partial charge in [-0.25, -0.2) is 9.18 Å². The Labute approximate surface area is 177 Å². The van der Waals surface area contributed by atoms with Gasteiger partial charge in [0.25, 0.3) is 11.7 Å². The van der Waals surface area contributed by atoms with E-state index >= 15 is 0 Å². The van der Waals surface area contributed by atoms with Crippen LogP contribution in [0.3, 0.4) is 0 Å². The van der Waals surface area contributed by atoms with Gasteiger partial charge in [0.15, 0.2) is 0 Å². The van der Waals surface area contributed by atoms with Gasteiger partial charge in [-0.2, -0.15) is 0 Å². The number of rotatable bonds is 4. The number of aliphatic hydroxyl groups is 1. The Kier molecular flexibility index (Phi) is 5.53. The zero-order chi connectivity index (χ0) is 21.3. The summed E-state index contributed by atoms with van der Waals surface area (Å²) in [6.45, 7) is 0.788. The van der Waals surface area contributed by atoms with E-state index in [4.69, 9.17) is 21.1 Å². The number of nitrogens with zero attached hydrogens (tertiary/aromatic N) is 1. The minimum absolute atomic E-state index is 0.0708. The number of benzene rings is 2. The number of alkyl carbamates (subject to hydrolysis) is 1. The van der Waals surface area contributed by atoms with Gasteiger partial charge in [0.1, 0.15) is 11.6 Å². The maximum absolute atomic E-state index is 13.4. The molecule has 2 aliphatic heterocycles. The summed E-state index contributed by atoms with van der Waals surface area (Å²) in [4.78, 5) is 26.3. The summed E-state index contributed by atoms with van der Waals surface area (Å²) in [7, 11) is 0. The van der Waals surface area contributed by atoms with Crippen LogP contribution >= 0.6 is 11.6 Å². The Morgan fingerprint density at radius 3 is 2.97 bits per heavy atom. The van der Waals surface area contributed by atoms with Crippen molar-refractivity contribution in [1.29, 1.82) is 0 Å². The van der Waals surface area contributed by atoms with Crippen molar-refractivity contribution in [1.82, 2.24) is 5.32 Å². The molecule has 2 aliphatic rings. The maximum atomic E-state index is 13.4. The van der Waals surface area contributed by atoms with Crippen LogP contribution in [0.25, 0.3) is 0 Å². The Morgan fingerprint density at radius 1 is 1.33 bits per heavy atom. The van der Waals surface area contributed by atoms with Crippen molar-refractivity contribution in [3.8, 4) is 5.75 Å². The summed E-state index contributed by atoms with van der Waals surface area (Å²) in [5.41, 5.74) is 2.02. The molecule has 9 heteroatoms. The first kappa shape index (κ1) is 20.4. The average Bonchev–Trinajstić information content (AvgIpc) is 3.00. The van der Waals surface area contributed by atoms with Gasteiger partial charge in [-0.05, 0) is 60.4 Å². The molecule has 7 nitrogen and oxygen atoms in total. The van der Waals surface area contributed by atoms with Crippen LogP contribution in [-0.2, 0) is 22.5 Å². The molecule has 0 aliphatic carbocycles. The van der Waals surface area contributed by atoms with Gasteiger partial charge in [0, 0.05) is 30.2 Å². The molecule has 0 bridgehead atoms. The lowest BCUT2D eigenvalue weighted by Crippen LogP contribution is -2.46. The lowest BCUT2D eigenvalue weighted by Gasteiger charge is -2.24. The van der Waals surface area contributed by atoms with Crippen LogP contribution in [0, 0.1) is 5.82 Å². The van der Waals surface area contributed by atoms with Crippen LogP contribution in [-0.4, -0.2) is 36.0 Å². The fraction of sp³-hybridized carbons (Fsp3) is 0.333. The van der Waals surface area contributed by atoms with E-state index in [1.807, 2.05) is 6.07 Å². The first-order valence-corrected chi connectivity index (χ1v) is 9.94. The molecule has 2 aromatic rings. The molecular weight excluding hydrogens is 415 g/mol. The summed E-state index contributed by atoms with van der Waals surface area (Å²) in [5.74, 6) is -2.73. The molecule has 1 atom stereocenters. The van der Waals surface area contributed by atoms with Gasteiger partial charge in [-0.3, -0.25) is 4.79 Å². The first-order valence-electron chi connectivity index (χ1n) is 9.56. The predicted molar refractivity (Wildman–Crippen MR) is 107 cm³/mol. The number of ether oxygens (including phenoxy) is 2. The van der Waals surface area contributed by atoms with E-state index in [1.165, 1.54) is 17.0 Å². The summed E-state index contributed by atoms with van der Waals surface area (Å²) in [5, 5.41) is 13.2. The van der Waals surface area contributed by atoms with Crippen LogP contribution < -0.4 is 15.0 Å². The minimum atomic E-state index is -2.27. The van der Waals surface area contributed by atoms with E-state index in [1.54, 1.807) is 12.1 Å². The van der Waals surface area contributed by atoms with E-state index in [9.17, 15) is 19.1 Å². The number of fused-ring (bicyclic) bond motifs is 1.